The Balaban J connectivity index is 4.05. The first kappa shape index (κ1) is 16.3. The molecule has 0 bridgehead atoms. The van der Waals surface area contributed by atoms with Gasteiger partial charge < -0.3 is 26.9 Å². The summed E-state index contributed by atoms with van der Waals surface area (Å²) in [6, 6.07) is -0.952. The van der Waals surface area contributed by atoms with Gasteiger partial charge in [-0.3, -0.25) is 4.79 Å². The molecular formula is C10H23N3O4. The minimum Gasteiger partial charge on any atom is -0.480 e. The lowest BCUT2D eigenvalue weighted by Gasteiger charge is -2.23. The number of aliphatic hydroxyl groups excluding tert-OH is 1. The number of unbranched alkanes of at least 4 members (excludes halogenated alkanes) is 1. The van der Waals surface area contributed by atoms with E-state index in [0.29, 0.717) is 19.4 Å². The van der Waals surface area contributed by atoms with Crippen molar-refractivity contribution in [2.24, 2.45) is 11.5 Å². The SMILES string of the molecule is NCCCC[C@@H](C(=O)O)N(O)CCC(O)CN. The lowest BCUT2D eigenvalue weighted by atomic mass is 10.1. The third-order valence-electron chi connectivity index (χ3n) is 2.54. The van der Waals surface area contributed by atoms with E-state index in [4.69, 9.17) is 16.6 Å². The molecule has 0 aliphatic rings. The Kier molecular flexibility index (Phi) is 8.92. The summed E-state index contributed by atoms with van der Waals surface area (Å²) in [4.78, 5) is 10.9. The highest BCUT2D eigenvalue weighted by Crippen LogP contribution is 2.08. The minimum absolute atomic E-state index is 0.0813. The largest absolute Gasteiger partial charge is 0.480 e. The summed E-state index contributed by atoms with van der Waals surface area (Å²) < 4.78 is 0. The van der Waals surface area contributed by atoms with Crippen LogP contribution >= 0.6 is 0 Å². The topological polar surface area (TPSA) is 133 Å². The minimum atomic E-state index is -1.08. The second-order valence-electron chi connectivity index (χ2n) is 3.98. The van der Waals surface area contributed by atoms with E-state index >= 15 is 0 Å². The Morgan fingerprint density at radius 1 is 1.24 bits per heavy atom. The monoisotopic (exact) mass is 249 g/mol. The van der Waals surface area contributed by atoms with Gasteiger partial charge in [0.05, 0.1) is 6.10 Å². The Morgan fingerprint density at radius 3 is 2.35 bits per heavy atom. The van der Waals surface area contributed by atoms with Crippen molar-refractivity contribution in [1.29, 1.82) is 0 Å². The van der Waals surface area contributed by atoms with E-state index in [-0.39, 0.29) is 19.5 Å². The second kappa shape index (κ2) is 9.32. The predicted octanol–water partition coefficient (Wildman–Crippen LogP) is -1.03. The van der Waals surface area contributed by atoms with Crippen LogP contribution < -0.4 is 11.5 Å². The average Bonchev–Trinajstić information content (AvgIpc) is 2.30. The number of aliphatic hydroxyl groups is 1. The molecule has 0 aromatic rings. The molecule has 17 heavy (non-hydrogen) atoms. The Morgan fingerprint density at radius 2 is 1.88 bits per heavy atom. The first-order valence-electron chi connectivity index (χ1n) is 5.79. The highest BCUT2D eigenvalue weighted by molar-refractivity contribution is 5.73. The molecule has 0 saturated carbocycles. The lowest BCUT2D eigenvalue weighted by molar-refractivity contribution is -0.172. The smallest absolute Gasteiger partial charge is 0.323 e. The molecule has 102 valence electrons. The fourth-order valence-corrected chi connectivity index (χ4v) is 1.44. The van der Waals surface area contributed by atoms with Crippen molar-refractivity contribution < 1.29 is 20.2 Å². The molecule has 0 fully saturated rings. The lowest BCUT2D eigenvalue weighted by Crippen LogP contribution is -2.41. The zero-order chi connectivity index (χ0) is 13.3. The highest BCUT2D eigenvalue weighted by Gasteiger charge is 2.24. The van der Waals surface area contributed by atoms with Gasteiger partial charge in [0.15, 0.2) is 0 Å². The number of hydrogen-bond donors (Lipinski definition) is 5. The molecule has 0 aliphatic heterocycles. The van der Waals surface area contributed by atoms with Gasteiger partial charge in [-0.2, -0.15) is 5.06 Å². The number of carboxylic acid groups (broad SMARTS) is 1. The fourth-order valence-electron chi connectivity index (χ4n) is 1.44. The molecule has 0 rings (SSSR count). The molecule has 0 radical (unpaired) electrons. The molecule has 0 heterocycles. The van der Waals surface area contributed by atoms with Gasteiger partial charge in [0.2, 0.25) is 0 Å². The maximum Gasteiger partial charge on any atom is 0.323 e. The fraction of sp³-hybridized carbons (Fsp3) is 0.900. The first-order chi connectivity index (χ1) is 8.02. The summed E-state index contributed by atoms with van der Waals surface area (Å²) in [5.41, 5.74) is 10.5. The second-order valence-corrected chi connectivity index (χ2v) is 3.98. The van der Waals surface area contributed by atoms with Crippen molar-refractivity contribution in [3.8, 4) is 0 Å². The van der Waals surface area contributed by atoms with E-state index in [1.165, 1.54) is 0 Å². The molecule has 0 aromatic heterocycles. The van der Waals surface area contributed by atoms with E-state index in [9.17, 15) is 15.1 Å². The van der Waals surface area contributed by atoms with Gasteiger partial charge in [-0.15, -0.1) is 0 Å². The van der Waals surface area contributed by atoms with Crippen LogP contribution in [0.2, 0.25) is 0 Å². The molecule has 7 N–H and O–H groups in total. The summed E-state index contributed by atoms with van der Waals surface area (Å²) in [5.74, 6) is -1.08. The van der Waals surface area contributed by atoms with Crippen LogP contribution in [-0.4, -0.2) is 58.2 Å². The maximum absolute atomic E-state index is 10.9. The van der Waals surface area contributed by atoms with Gasteiger partial charge in [0.25, 0.3) is 0 Å². The third-order valence-corrected chi connectivity index (χ3v) is 2.54. The van der Waals surface area contributed by atoms with Gasteiger partial charge in [-0.1, -0.05) is 0 Å². The van der Waals surface area contributed by atoms with Crippen LogP contribution in [0.5, 0.6) is 0 Å². The number of nitrogens with zero attached hydrogens (tertiary/aromatic N) is 1. The van der Waals surface area contributed by atoms with E-state index < -0.39 is 18.1 Å². The Bertz CT molecular complexity index is 216. The van der Waals surface area contributed by atoms with Crippen LogP contribution in [0.4, 0.5) is 0 Å². The number of aliphatic carboxylic acids is 1. The summed E-state index contributed by atoms with van der Waals surface area (Å²) in [7, 11) is 0. The van der Waals surface area contributed by atoms with E-state index in [1.54, 1.807) is 0 Å². The van der Waals surface area contributed by atoms with Gasteiger partial charge in [-0.25, -0.2) is 0 Å². The van der Waals surface area contributed by atoms with Crippen LogP contribution in [0.3, 0.4) is 0 Å². The molecule has 0 amide bonds. The van der Waals surface area contributed by atoms with Crippen molar-refractivity contribution >= 4 is 5.97 Å². The van der Waals surface area contributed by atoms with Crippen LogP contribution in [0.25, 0.3) is 0 Å². The van der Waals surface area contributed by atoms with Crippen molar-refractivity contribution in [1.82, 2.24) is 5.06 Å². The number of hydroxylamine groups is 2. The zero-order valence-electron chi connectivity index (χ0n) is 9.96. The van der Waals surface area contributed by atoms with Gasteiger partial charge in [-0.05, 0) is 32.2 Å². The van der Waals surface area contributed by atoms with Crippen LogP contribution in [0.15, 0.2) is 0 Å². The first-order valence-corrected chi connectivity index (χ1v) is 5.79. The molecular weight excluding hydrogens is 226 g/mol. The maximum atomic E-state index is 10.9. The Hall–Kier alpha value is -0.730. The standard InChI is InChI=1S/C10H23N3O4/c11-5-2-1-3-9(10(15)16)13(17)6-4-8(14)7-12/h8-9,14,17H,1-7,11-12H2,(H,15,16)/t8?,9-/m0/s1. The van der Waals surface area contributed by atoms with Crippen molar-refractivity contribution in [3.05, 3.63) is 0 Å². The van der Waals surface area contributed by atoms with Gasteiger partial charge in [0, 0.05) is 13.1 Å². The molecule has 0 aromatic carbocycles. The summed E-state index contributed by atoms with van der Waals surface area (Å²) in [5, 5.41) is 28.5. The number of carboxylic acids is 1. The van der Waals surface area contributed by atoms with Crippen LogP contribution in [-0.2, 0) is 4.79 Å². The number of carbonyl (C=O) groups is 1. The number of rotatable bonds is 10. The predicted molar refractivity (Wildman–Crippen MR) is 62.5 cm³/mol. The highest BCUT2D eigenvalue weighted by atomic mass is 16.5. The van der Waals surface area contributed by atoms with Crippen molar-refractivity contribution in [3.63, 3.8) is 0 Å². The summed E-state index contributed by atoms with van der Waals surface area (Å²) in [6.07, 6.45) is 1.23. The molecule has 7 nitrogen and oxygen atoms in total. The molecule has 0 spiro atoms. The normalized spacial score (nSPS) is 14.9. The molecule has 0 aliphatic carbocycles. The van der Waals surface area contributed by atoms with Crippen molar-refractivity contribution in [2.45, 2.75) is 37.8 Å². The van der Waals surface area contributed by atoms with Crippen molar-refractivity contribution in [2.75, 3.05) is 19.6 Å². The van der Waals surface area contributed by atoms with E-state index in [2.05, 4.69) is 0 Å². The van der Waals surface area contributed by atoms with E-state index in [1.807, 2.05) is 0 Å². The van der Waals surface area contributed by atoms with Crippen LogP contribution in [0, 0.1) is 0 Å². The summed E-state index contributed by atoms with van der Waals surface area (Å²) in [6.45, 7) is 0.681. The van der Waals surface area contributed by atoms with Gasteiger partial charge in [0.1, 0.15) is 6.04 Å². The van der Waals surface area contributed by atoms with Gasteiger partial charge >= 0.3 is 5.97 Å². The average molecular weight is 249 g/mol. The quantitative estimate of drug-likeness (QED) is 0.247. The zero-order valence-corrected chi connectivity index (χ0v) is 9.96. The Labute approximate surface area is 101 Å². The number of hydrogen-bond acceptors (Lipinski definition) is 6. The molecule has 7 heteroatoms. The molecule has 2 atom stereocenters. The third kappa shape index (κ3) is 7.24. The molecule has 1 unspecified atom stereocenters. The number of nitrogens with two attached hydrogens (primary N) is 2. The summed E-state index contributed by atoms with van der Waals surface area (Å²) >= 11 is 0. The van der Waals surface area contributed by atoms with Crippen LogP contribution in [0.1, 0.15) is 25.7 Å². The molecule has 0 saturated heterocycles. The van der Waals surface area contributed by atoms with E-state index in [0.717, 1.165) is 11.5 Å².